The zero-order valence-electron chi connectivity index (χ0n) is 5.83. The third-order valence-corrected chi connectivity index (χ3v) is 1.22. The smallest absolute Gasteiger partial charge is 0.158 e. The molecule has 0 aliphatic rings. The van der Waals surface area contributed by atoms with Gasteiger partial charge in [-0.15, -0.1) is 0 Å². The van der Waals surface area contributed by atoms with Gasteiger partial charge in [0.05, 0.1) is 18.1 Å². The molecule has 0 amide bonds. The summed E-state index contributed by atoms with van der Waals surface area (Å²) in [4.78, 5) is 8.03. The van der Waals surface area contributed by atoms with Crippen molar-refractivity contribution < 1.29 is 0 Å². The van der Waals surface area contributed by atoms with Crippen LogP contribution < -0.4 is 11.3 Å². The molecule has 0 unspecified atom stereocenters. The van der Waals surface area contributed by atoms with Gasteiger partial charge in [0.2, 0.25) is 0 Å². The standard InChI is InChI=1S/C6H10N4/c1-2-5-3-9-6(10-7)4-8-5/h3-4H,2,7H2,1H3,(H,9,10). The second-order valence-corrected chi connectivity index (χ2v) is 1.89. The number of nitrogens with two attached hydrogens (primary N) is 1. The van der Waals surface area contributed by atoms with Crippen LogP contribution in [-0.2, 0) is 6.42 Å². The van der Waals surface area contributed by atoms with Crippen LogP contribution >= 0.6 is 0 Å². The minimum absolute atomic E-state index is 0.595. The Hall–Kier alpha value is -1.16. The summed E-state index contributed by atoms with van der Waals surface area (Å²) in [5, 5.41) is 0. The van der Waals surface area contributed by atoms with Gasteiger partial charge in [0.25, 0.3) is 0 Å². The number of aryl methyl sites for hydroxylation is 1. The van der Waals surface area contributed by atoms with Crippen LogP contribution in [0.1, 0.15) is 12.6 Å². The predicted octanol–water partition coefficient (Wildman–Crippen LogP) is 0.325. The maximum atomic E-state index is 5.09. The summed E-state index contributed by atoms with van der Waals surface area (Å²) in [5.74, 6) is 5.68. The molecule has 0 aliphatic carbocycles. The minimum atomic E-state index is 0.595. The summed E-state index contributed by atoms with van der Waals surface area (Å²) in [7, 11) is 0. The van der Waals surface area contributed by atoms with Gasteiger partial charge >= 0.3 is 0 Å². The quantitative estimate of drug-likeness (QED) is 0.456. The number of nitrogens with zero attached hydrogens (tertiary/aromatic N) is 2. The number of hydrazine groups is 1. The molecule has 54 valence electrons. The summed E-state index contributed by atoms with van der Waals surface area (Å²) in [6.07, 6.45) is 4.21. The van der Waals surface area contributed by atoms with Crippen molar-refractivity contribution in [1.29, 1.82) is 0 Å². The second-order valence-electron chi connectivity index (χ2n) is 1.89. The van der Waals surface area contributed by atoms with E-state index in [0.717, 1.165) is 12.1 Å². The molecular formula is C6H10N4. The average Bonchev–Trinajstić information content (AvgIpc) is 2.05. The molecule has 0 spiro atoms. The molecule has 0 bridgehead atoms. The third kappa shape index (κ3) is 1.41. The fourth-order valence-electron chi connectivity index (χ4n) is 0.612. The van der Waals surface area contributed by atoms with E-state index in [1.807, 2.05) is 6.92 Å². The van der Waals surface area contributed by atoms with E-state index in [9.17, 15) is 0 Å². The first-order valence-corrected chi connectivity index (χ1v) is 3.14. The van der Waals surface area contributed by atoms with E-state index >= 15 is 0 Å². The minimum Gasteiger partial charge on any atom is -0.307 e. The maximum absolute atomic E-state index is 5.09. The number of nitrogen functional groups attached to an aromatic ring is 1. The molecule has 0 aromatic carbocycles. The fourth-order valence-corrected chi connectivity index (χ4v) is 0.612. The lowest BCUT2D eigenvalue weighted by Crippen LogP contribution is -2.08. The topological polar surface area (TPSA) is 63.8 Å². The van der Waals surface area contributed by atoms with E-state index in [0.29, 0.717) is 5.82 Å². The SMILES string of the molecule is CCc1cnc(NN)cn1. The van der Waals surface area contributed by atoms with E-state index in [2.05, 4.69) is 15.4 Å². The highest BCUT2D eigenvalue weighted by Gasteiger charge is 1.90. The number of hydrogen-bond acceptors (Lipinski definition) is 4. The molecule has 1 rings (SSSR count). The largest absolute Gasteiger partial charge is 0.307 e. The number of nitrogens with one attached hydrogen (secondary N) is 1. The Morgan fingerprint density at radius 2 is 2.30 bits per heavy atom. The van der Waals surface area contributed by atoms with Crippen LogP contribution in [0.4, 0.5) is 5.82 Å². The highest BCUT2D eigenvalue weighted by Crippen LogP contribution is 1.98. The van der Waals surface area contributed by atoms with Gasteiger partial charge in [0.1, 0.15) is 0 Å². The zero-order chi connectivity index (χ0) is 7.40. The molecule has 0 fully saturated rings. The van der Waals surface area contributed by atoms with Crippen molar-refractivity contribution in [3.05, 3.63) is 18.1 Å². The zero-order valence-corrected chi connectivity index (χ0v) is 5.83. The number of rotatable bonds is 2. The highest BCUT2D eigenvalue weighted by molar-refractivity contribution is 5.28. The van der Waals surface area contributed by atoms with Gasteiger partial charge in [-0.2, -0.15) is 0 Å². The molecule has 1 heterocycles. The number of aromatic nitrogens is 2. The van der Waals surface area contributed by atoms with Crippen molar-refractivity contribution in [3.8, 4) is 0 Å². The van der Waals surface area contributed by atoms with Gasteiger partial charge in [-0.3, -0.25) is 4.98 Å². The summed E-state index contributed by atoms with van der Waals surface area (Å²) in [5.41, 5.74) is 3.38. The normalized spacial score (nSPS) is 9.40. The van der Waals surface area contributed by atoms with Gasteiger partial charge in [-0.05, 0) is 6.42 Å². The van der Waals surface area contributed by atoms with Gasteiger partial charge < -0.3 is 5.43 Å². The van der Waals surface area contributed by atoms with Crippen LogP contribution in [0, 0.1) is 0 Å². The van der Waals surface area contributed by atoms with Crippen LogP contribution in [0.5, 0.6) is 0 Å². The Morgan fingerprint density at radius 1 is 1.50 bits per heavy atom. The molecule has 4 nitrogen and oxygen atoms in total. The van der Waals surface area contributed by atoms with Gasteiger partial charge in [-0.1, -0.05) is 6.92 Å². The van der Waals surface area contributed by atoms with Crippen LogP contribution in [-0.4, -0.2) is 9.97 Å². The lowest BCUT2D eigenvalue weighted by molar-refractivity contribution is 0.996. The molecule has 0 atom stereocenters. The Morgan fingerprint density at radius 3 is 2.70 bits per heavy atom. The lowest BCUT2D eigenvalue weighted by Gasteiger charge is -1.97. The Bertz CT molecular complexity index is 170. The molecule has 0 aliphatic heterocycles. The molecule has 0 radical (unpaired) electrons. The van der Waals surface area contributed by atoms with Crippen molar-refractivity contribution in [1.82, 2.24) is 9.97 Å². The Kier molecular flexibility index (Phi) is 2.17. The van der Waals surface area contributed by atoms with E-state index in [1.165, 1.54) is 0 Å². The molecule has 0 saturated heterocycles. The van der Waals surface area contributed by atoms with Gasteiger partial charge in [-0.25, -0.2) is 10.8 Å². The van der Waals surface area contributed by atoms with Gasteiger partial charge in [0, 0.05) is 0 Å². The van der Waals surface area contributed by atoms with Crippen LogP contribution in [0.2, 0.25) is 0 Å². The predicted molar refractivity (Wildman–Crippen MR) is 39.2 cm³/mol. The first-order chi connectivity index (χ1) is 4.86. The van der Waals surface area contributed by atoms with E-state index in [4.69, 9.17) is 5.84 Å². The summed E-state index contributed by atoms with van der Waals surface area (Å²) >= 11 is 0. The molecular weight excluding hydrogens is 128 g/mol. The van der Waals surface area contributed by atoms with Crippen molar-refractivity contribution in [2.45, 2.75) is 13.3 Å². The van der Waals surface area contributed by atoms with Crippen LogP contribution in [0.25, 0.3) is 0 Å². The summed E-state index contributed by atoms with van der Waals surface area (Å²) in [6, 6.07) is 0. The molecule has 10 heavy (non-hydrogen) atoms. The molecule has 1 aromatic heterocycles. The fraction of sp³-hybridized carbons (Fsp3) is 0.333. The van der Waals surface area contributed by atoms with Crippen molar-refractivity contribution in [2.24, 2.45) is 5.84 Å². The van der Waals surface area contributed by atoms with Crippen molar-refractivity contribution in [3.63, 3.8) is 0 Å². The lowest BCUT2D eigenvalue weighted by atomic mass is 10.4. The van der Waals surface area contributed by atoms with Crippen LogP contribution in [0.3, 0.4) is 0 Å². The first-order valence-electron chi connectivity index (χ1n) is 3.14. The average molecular weight is 138 g/mol. The number of anilines is 1. The van der Waals surface area contributed by atoms with E-state index < -0.39 is 0 Å². The first kappa shape index (κ1) is 6.95. The molecule has 1 aromatic rings. The van der Waals surface area contributed by atoms with E-state index in [-0.39, 0.29) is 0 Å². The summed E-state index contributed by atoms with van der Waals surface area (Å²) < 4.78 is 0. The van der Waals surface area contributed by atoms with Crippen molar-refractivity contribution in [2.75, 3.05) is 5.43 Å². The maximum Gasteiger partial charge on any atom is 0.158 e. The Balaban J connectivity index is 2.80. The monoisotopic (exact) mass is 138 g/mol. The third-order valence-electron chi connectivity index (χ3n) is 1.22. The van der Waals surface area contributed by atoms with Gasteiger partial charge in [0.15, 0.2) is 5.82 Å². The molecule has 4 heteroatoms. The summed E-state index contributed by atoms with van der Waals surface area (Å²) in [6.45, 7) is 2.03. The Labute approximate surface area is 59.5 Å². The molecule has 3 N–H and O–H groups in total. The number of hydrogen-bond donors (Lipinski definition) is 2. The van der Waals surface area contributed by atoms with Crippen LogP contribution in [0.15, 0.2) is 12.4 Å². The highest BCUT2D eigenvalue weighted by atomic mass is 15.3. The van der Waals surface area contributed by atoms with Crippen molar-refractivity contribution >= 4 is 5.82 Å². The molecule has 0 saturated carbocycles. The van der Waals surface area contributed by atoms with E-state index in [1.54, 1.807) is 12.4 Å². The second kappa shape index (κ2) is 3.12.